The monoisotopic (exact) mass is 352 g/mol. The molecule has 2 aromatic carbocycles. The summed E-state index contributed by atoms with van der Waals surface area (Å²) in [6, 6.07) is 14.8. The smallest absolute Gasteiger partial charge is 0.229 e. The second kappa shape index (κ2) is 6.52. The molecule has 25 heavy (non-hydrogen) atoms. The van der Waals surface area contributed by atoms with Gasteiger partial charge in [-0.15, -0.1) is 11.8 Å². The van der Waals surface area contributed by atoms with Crippen molar-refractivity contribution in [2.24, 2.45) is 0 Å². The Morgan fingerprint density at radius 3 is 2.00 bits per heavy atom. The minimum absolute atomic E-state index is 0.0853. The third kappa shape index (κ3) is 3.40. The van der Waals surface area contributed by atoms with E-state index in [1.165, 1.54) is 17.3 Å². The fraction of sp³-hybridized carbons (Fsp3) is 0.238. The molecule has 3 rings (SSSR count). The fourth-order valence-corrected chi connectivity index (χ4v) is 3.70. The highest BCUT2D eigenvalue weighted by molar-refractivity contribution is 8.03. The Morgan fingerprint density at radius 1 is 0.880 bits per heavy atom. The second-order valence-electron chi connectivity index (χ2n) is 7.12. The molecule has 0 amide bonds. The molecule has 0 saturated carbocycles. The molecule has 0 unspecified atom stereocenters. The predicted octanol–water partition coefficient (Wildman–Crippen LogP) is 5.07. The summed E-state index contributed by atoms with van der Waals surface area (Å²) in [6.07, 6.45) is 0. The maximum Gasteiger partial charge on any atom is 0.229 e. The van der Waals surface area contributed by atoms with Gasteiger partial charge in [-0.25, -0.2) is 0 Å². The maximum absolute atomic E-state index is 12.6. The Bertz CT molecular complexity index is 871. The van der Waals surface area contributed by atoms with Gasteiger partial charge in [0.15, 0.2) is 5.76 Å². The van der Waals surface area contributed by atoms with E-state index in [1.54, 1.807) is 24.3 Å². The Balaban J connectivity index is 1.80. The Hall–Kier alpha value is -2.33. The van der Waals surface area contributed by atoms with Crippen LogP contribution in [0.1, 0.15) is 52.6 Å². The van der Waals surface area contributed by atoms with Crippen LogP contribution >= 0.6 is 11.8 Å². The van der Waals surface area contributed by atoms with Crippen LogP contribution < -0.4 is 0 Å². The number of ketones is 2. The maximum atomic E-state index is 12.6. The second-order valence-corrected chi connectivity index (χ2v) is 8.10. The number of aliphatic hydroxyl groups excluding tert-OH is 1. The van der Waals surface area contributed by atoms with Crippen molar-refractivity contribution in [3.8, 4) is 0 Å². The molecular formula is C21H20O3S. The van der Waals surface area contributed by atoms with Crippen LogP contribution in [0.4, 0.5) is 0 Å². The molecule has 1 N–H and O–H groups in total. The standard InChI is InChI=1S/C21H20O3S/c1-21(2,3)14-10-8-13(9-11-14)12-25-20-18(23)16-7-5-4-6-15(16)17(22)19(20)24/h4-11,24H,12H2,1-3H3. The van der Waals surface area contributed by atoms with Gasteiger partial charge >= 0.3 is 0 Å². The summed E-state index contributed by atoms with van der Waals surface area (Å²) in [4.78, 5) is 25.0. The SMILES string of the molecule is CC(C)(C)c1ccc(CSC2=C(O)C(=O)c3ccccc3C2=O)cc1. The number of hydrogen-bond donors (Lipinski definition) is 1. The van der Waals surface area contributed by atoms with Crippen molar-refractivity contribution in [1.82, 2.24) is 0 Å². The molecule has 0 heterocycles. The summed E-state index contributed by atoms with van der Waals surface area (Å²) in [5.41, 5.74) is 2.99. The molecule has 1 aliphatic rings. The predicted molar refractivity (Wildman–Crippen MR) is 101 cm³/mol. The van der Waals surface area contributed by atoms with Gasteiger partial charge < -0.3 is 5.11 Å². The van der Waals surface area contributed by atoms with Gasteiger partial charge in [0.2, 0.25) is 11.6 Å². The van der Waals surface area contributed by atoms with Gasteiger partial charge in [-0.3, -0.25) is 9.59 Å². The molecule has 3 nitrogen and oxygen atoms in total. The minimum atomic E-state index is -0.485. The van der Waals surface area contributed by atoms with Crippen LogP contribution in [0.25, 0.3) is 0 Å². The van der Waals surface area contributed by atoms with Crippen molar-refractivity contribution < 1.29 is 14.7 Å². The highest BCUT2D eigenvalue weighted by atomic mass is 32.2. The van der Waals surface area contributed by atoms with E-state index in [9.17, 15) is 14.7 Å². The zero-order chi connectivity index (χ0) is 18.2. The average molecular weight is 352 g/mol. The highest BCUT2D eigenvalue weighted by Gasteiger charge is 2.32. The van der Waals surface area contributed by atoms with Gasteiger partial charge in [0, 0.05) is 16.9 Å². The van der Waals surface area contributed by atoms with Crippen LogP contribution in [0.2, 0.25) is 0 Å². The normalized spacial score (nSPS) is 14.7. The minimum Gasteiger partial charge on any atom is -0.503 e. The van der Waals surface area contributed by atoms with E-state index in [4.69, 9.17) is 0 Å². The number of allylic oxidation sites excluding steroid dienone is 2. The lowest BCUT2D eigenvalue weighted by molar-refractivity contribution is 0.0936. The van der Waals surface area contributed by atoms with Crippen LogP contribution in [0.15, 0.2) is 59.2 Å². The van der Waals surface area contributed by atoms with Crippen molar-refractivity contribution in [2.75, 3.05) is 0 Å². The lowest BCUT2D eigenvalue weighted by Crippen LogP contribution is -2.20. The summed E-state index contributed by atoms with van der Waals surface area (Å²) in [5, 5.41) is 10.2. The molecule has 0 aliphatic heterocycles. The molecule has 0 saturated heterocycles. The van der Waals surface area contributed by atoms with Gasteiger partial charge in [0.25, 0.3) is 0 Å². The zero-order valence-electron chi connectivity index (χ0n) is 14.5. The number of thioether (sulfide) groups is 1. The number of hydrogen-bond acceptors (Lipinski definition) is 4. The first-order valence-corrected chi connectivity index (χ1v) is 9.11. The summed E-state index contributed by atoms with van der Waals surface area (Å²) < 4.78 is 0. The number of fused-ring (bicyclic) bond motifs is 1. The summed E-state index contributed by atoms with van der Waals surface area (Å²) in [7, 11) is 0. The van der Waals surface area contributed by atoms with Crippen molar-refractivity contribution >= 4 is 23.3 Å². The number of aliphatic hydroxyl groups is 1. The Kier molecular flexibility index (Phi) is 4.56. The fourth-order valence-electron chi connectivity index (χ4n) is 2.73. The van der Waals surface area contributed by atoms with Gasteiger partial charge in [-0.2, -0.15) is 0 Å². The van der Waals surface area contributed by atoms with Crippen LogP contribution in [-0.2, 0) is 11.2 Å². The number of carbonyl (C=O) groups is 2. The van der Waals surface area contributed by atoms with Gasteiger partial charge in [-0.05, 0) is 16.5 Å². The van der Waals surface area contributed by atoms with Crippen molar-refractivity contribution in [3.05, 3.63) is 81.4 Å². The van der Waals surface area contributed by atoms with Crippen LogP contribution in [0.3, 0.4) is 0 Å². The van der Waals surface area contributed by atoms with Crippen LogP contribution in [0, 0.1) is 0 Å². The topological polar surface area (TPSA) is 54.4 Å². The van der Waals surface area contributed by atoms with E-state index < -0.39 is 11.5 Å². The Morgan fingerprint density at radius 2 is 1.44 bits per heavy atom. The third-order valence-corrected chi connectivity index (χ3v) is 5.40. The number of carbonyl (C=O) groups excluding carboxylic acids is 2. The molecule has 0 radical (unpaired) electrons. The molecule has 4 heteroatoms. The molecule has 0 fully saturated rings. The van der Waals surface area contributed by atoms with Gasteiger partial charge in [0.1, 0.15) is 4.91 Å². The van der Waals surface area contributed by atoms with E-state index >= 15 is 0 Å². The van der Waals surface area contributed by atoms with Crippen molar-refractivity contribution in [1.29, 1.82) is 0 Å². The van der Waals surface area contributed by atoms with Crippen LogP contribution in [-0.4, -0.2) is 16.7 Å². The van der Waals surface area contributed by atoms with E-state index in [1.807, 2.05) is 12.1 Å². The molecule has 0 bridgehead atoms. The number of benzene rings is 2. The summed E-state index contributed by atoms with van der Waals surface area (Å²) in [5.74, 6) is -0.699. The lowest BCUT2D eigenvalue weighted by Gasteiger charge is -2.19. The van der Waals surface area contributed by atoms with Gasteiger partial charge in [0.05, 0.1) is 0 Å². The largest absolute Gasteiger partial charge is 0.503 e. The molecular weight excluding hydrogens is 332 g/mol. The lowest BCUT2D eigenvalue weighted by atomic mass is 9.87. The highest BCUT2D eigenvalue weighted by Crippen LogP contribution is 2.34. The molecule has 0 aromatic heterocycles. The number of rotatable bonds is 3. The first-order chi connectivity index (χ1) is 11.8. The molecule has 0 atom stereocenters. The van der Waals surface area contributed by atoms with E-state index in [-0.39, 0.29) is 21.7 Å². The first kappa shape index (κ1) is 17.5. The quantitative estimate of drug-likeness (QED) is 0.838. The third-order valence-electron chi connectivity index (χ3n) is 4.26. The van der Waals surface area contributed by atoms with Crippen molar-refractivity contribution in [3.63, 3.8) is 0 Å². The first-order valence-electron chi connectivity index (χ1n) is 8.13. The van der Waals surface area contributed by atoms with Gasteiger partial charge in [-0.1, -0.05) is 69.3 Å². The van der Waals surface area contributed by atoms with Crippen LogP contribution in [0.5, 0.6) is 0 Å². The summed E-state index contributed by atoms with van der Waals surface area (Å²) in [6.45, 7) is 6.47. The molecule has 2 aromatic rings. The zero-order valence-corrected chi connectivity index (χ0v) is 15.3. The number of Topliss-reactive ketones (excluding diaryl/α,β-unsaturated/α-hetero) is 2. The van der Waals surface area contributed by atoms with E-state index in [2.05, 4.69) is 32.9 Å². The molecule has 1 aliphatic carbocycles. The van der Waals surface area contributed by atoms with E-state index in [0.717, 1.165) is 5.56 Å². The van der Waals surface area contributed by atoms with E-state index in [0.29, 0.717) is 11.3 Å². The van der Waals surface area contributed by atoms with Crippen molar-refractivity contribution in [2.45, 2.75) is 31.9 Å². The molecule has 0 spiro atoms. The molecule has 128 valence electrons. The average Bonchev–Trinajstić information content (AvgIpc) is 2.59. The summed E-state index contributed by atoms with van der Waals surface area (Å²) >= 11 is 1.21. The Labute approximate surface area is 151 Å².